The highest BCUT2D eigenvalue weighted by Crippen LogP contribution is 2.22. The van der Waals surface area contributed by atoms with Gasteiger partial charge in [0.25, 0.3) is 0 Å². The topological polar surface area (TPSA) is 92.5 Å². The molecule has 2 aromatic heterocycles. The predicted octanol–water partition coefficient (Wildman–Crippen LogP) is 2.42. The highest BCUT2D eigenvalue weighted by atomic mass is 32.2. The minimum atomic E-state index is -3.53. The quantitative estimate of drug-likeness (QED) is 0.697. The van der Waals surface area contributed by atoms with Crippen LogP contribution in [0.15, 0.2) is 35.4 Å². The van der Waals surface area contributed by atoms with Crippen LogP contribution in [-0.4, -0.2) is 46.4 Å². The number of aryl methyl sites for hydroxylation is 1. The number of benzene rings is 1. The molecule has 0 aliphatic carbocycles. The van der Waals surface area contributed by atoms with Crippen molar-refractivity contribution in [3.8, 4) is 0 Å². The van der Waals surface area contributed by atoms with Gasteiger partial charge in [-0.15, -0.1) is 0 Å². The molecule has 0 unspecified atom stereocenters. The molecule has 27 heavy (non-hydrogen) atoms. The lowest BCUT2D eigenvalue weighted by Crippen LogP contribution is -2.24. The van der Waals surface area contributed by atoms with E-state index in [9.17, 15) is 8.42 Å². The molecule has 144 valence electrons. The van der Waals surface area contributed by atoms with Crippen LogP contribution in [0.2, 0.25) is 0 Å². The first kappa shape index (κ1) is 19.2. The maximum atomic E-state index is 12.6. The van der Waals surface area contributed by atoms with E-state index in [0.717, 1.165) is 11.2 Å². The van der Waals surface area contributed by atoms with E-state index in [1.165, 1.54) is 18.4 Å². The van der Waals surface area contributed by atoms with Crippen LogP contribution in [0.4, 0.5) is 5.95 Å². The third-order valence-corrected chi connectivity index (χ3v) is 6.21. The summed E-state index contributed by atoms with van der Waals surface area (Å²) in [7, 11) is -0.488. The highest BCUT2D eigenvalue weighted by molar-refractivity contribution is 7.89. The van der Waals surface area contributed by atoms with E-state index >= 15 is 0 Å². The summed E-state index contributed by atoms with van der Waals surface area (Å²) < 4.78 is 28.0. The van der Waals surface area contributed by atoms with E-state index in [2.05, 4.69) is 34.2 Å². The third-order valence-electron chi connectivity index (χ3n) is 4.30. The summed E-state index contributed by atoms with van der Waals surface area (Å²) in [5, 5.41) is 7.61. The molecule has 0 bridgehead atoms. The number of aromatic nitrogens is 4. The fourth-order valence-electron chi connectivity index (χ4n) is 2.79. The van der Waals surface area contributed by atoms with Crippen molar-refractivity contribution in [2.24, 2.45) is 0 Å². The largest absolute Gasteiger partial charge is 0.350 e. The van der Waals surface area contributed by atoms with Gasteiger partial charge in [-0.3, -0.25) is 0 Å². The van der Waals surface area contributed by atoms with E-state index in [0.29, 0.717) is 23.9 Å². The first-order valence-corrected chi connectivity index (χ1v) is 10.1. The molecule has 0 atom stereocenters. The molecule has 0 radical (unpaired) electrons. The van der Waals surface area contributed by atoms with Crippen molar-refractivity contribution in [3.05, 3.63) is 47.4 Å². The molecule has 3 aromatic rings. The fourth-order valence-corrected chi connectivity index (χ4v) is 3.91. The molecule has 0 fully saturated rings. The smallest absolute Gasteiger partial charge is 0.242 e. The van der Waals surface area contributed by atoms with Gasteiger partial charge in [0.2, 0.25) is 16.0 Å². The maximum absolute atomic E-state index is 12.6. The monoisotopic (exact) mass is 388 g/mol. The Morgan fingerprint density at radius 2 is 1.89 bits per heavy atom. The molecule has 0 saturated heterocycles. The Hall–Kier alpha value is -2.52. The lowest BCUT2D eigenvalue weighted by atomic mass is 10.1. The highest BCUT2D eigenvalue weighted by Gasteiger charge is 2.21. The van der Waals surface area contributed by atoms with Crippen LogP contribution in [0, 0.1) is 6.92 Å². The van der Waals surface area contributed by atoms with Crippen LogP contribution in [0.25, 0.3) is 5.65 Å². The summed E-state index contributed by atoms with van der Waals surface area (Å²) in [6.45, 7) is 6.30. The normalized spacial score (nSPS) is 12.3. The summed E-state index contributed by atoms with van der Waals surface area (Å²) in [6, 6.07) is 6.93. The van der Waals surface area contributed by atoms with E-state index in [4.69, 9.17) is 0 Å². The molecule has 0 aliphatic rings. The second kappa shape index (κ2) is 7.24. The van der Waals surface area contributed by atoms with Gasteiger partial charge < -0.3 is 5.32 Å². The number of nitrogens with one attached hydrogen (secondary N) is 1. The predicted molar refractivity (Wildman–Crippen MR) is 104 cm³/mol. The second-order valence-corrected chi connectivity index (χ2v) is 8.95. The SMILES string of the molecule is Cc1nc(NCc2ccccc2S(=O)(=O)N(C)C)n2ncc(C(C)C)c2n1. The van der Waals surface area contributed by atoms with Crippen LogP contribution in [0.1, 0.15) is 36.7 Å². The van der Waals surface area contributed by atoms with Crippen molar-refractivity contribution < 1.29 is 8.42 Å². The van der Waals surface area contributed by atoms with Gasteiger partial charge in [-0.25, -0.2) is 17.7 Å². The standard InChI is InChI=1S/C18H24N6O2S/c1-12(2)15-11-20-24-17(15)21-13(3)22-18(24)19-10-14-8-6-7-9-16(14)27(25,26)23(4)5/h6-9,11-12H,10H2,1-5H3,(H,19,21,22). The maximum Gasteiger partial charge on any atom is 0.242 e. The van der Waals surface area contributed by atoms with E-state index in [1.54, 1.807) is 28.9 Å². The Morgan fingerprint density at radius 3 is 2.56 bits per heavy atom. The summed E-state index contributed by atoms with van der Waals surface area (Å²) in [5.74, 6) is 1.44. The first-order chi connectivity index (χ1) is 12.7. The number of fused-ring (bicyclic) bond motifs is 1. The molecule has 0 aliphatic heterocycles. The number of nitrogens with zero attached hydrogens (tertiary/aromatic N) is 5. The first-order valence-electron chi connectivity index (χ1n) is 8.68. The zero-order chi connectivity index (χ0) is 19.8. The van der Waals surface area contributed by atoms with Crippen LogP contribution >= 0.6 is 0 Å². The van der Waals surface area contributed by atoms with Gasteiger partial charge in [0.1, 0.15) is 5.82 Å². The molecule has 3 rings (SSSR count). The van der Waals surface area contributed by atoms with Crippen molar-refractivity contribution in [3.63, 3.8) is 0 Å². The van der Waals surface area contributed by atoms with Crippen molar-refractivity contribution in [1.29, 1.82) is 0 Å². The summed E-state index contributed by atoms with van der Waals surface area (Å²) in [5.41, 5.74) is 2.46. The van der Waals surface area contributed by atoms with Crippen molar-refractivity contribution >= 4 is 21.6 Å². The van der Waals surface area contributed by atoms with Crippen molar-refractivity contribution in [2.75, 3.05) is 19.4 Å². The Morgan fingerprint density at radius 1 is 1.19 bits per heavy atom. The van der Waals surface area contributed by atoms with Crippen LogP contribution in [0.3, 0.4) is 0 Å². The lowest BCUT2D eigenvalue weighted by molar-refractivity contribution is 0.519. The zero-order valence-corrected chi connectivity index (χ0v) is 16.9. The fraction of sp³-hybridized carbons (Fsp3) is 0.389. The Kier molecular flexibility index (Phi) is 5.16. The number of hydrogen-bond acceptors (Lipinski definition) is 6. The van der Waals surface area contributed by atoms with Gasteiger partial charge in [-0.1, -0.05) is 32.0 Å². The summed E-state index contributed by atoms with van der Waals surface area (Å²) in [4.78, 5) is 9.20. The van der Waals surface area contributed by atoms with Crippen LogP contribution in [0.5, 0.6) is 0 Å². The molecule has 9 heteroatoms. The second-order valence-electron chi connectivity index (χ2n) is 6.83. The molecule has 1 N–H and O–H groups in total. The zero-order valence-electron chi connectivity index (χ0n) is 16.1. The number of hydrogen-bond donors (Lipinski definition) is 1. The molecule has 0 spiro atoms. The Bertz CT molecular complexity index is 1070. The van der Waals surface area contributed by atoms with Crippen LogP contribution < -0.4 is 5.32 Å². The van der Waals surface area contributed by atoms with Crippen molar-refractivity contribution in [2.45, 2.75) is 38.1 Å². The Balaban J connectivity index is 1.97. The van der Waals surface area contributed by atoms with Gasteiger partial charge in [0, 0.05) is 26.2 Å². The molecular weight excluding hydrogens is 364 g/mol. The molecule has 2 heterocycles. The average molecular weight is 388 g/mol. The minimum absolute atomic E-state index is 0.271. The molecule has 0 amide bonds. The lowest BCUT2D eigenvalue weighted by Gasteiger charge is -2.16. The van der Waals surface area contributed by atoms with E-state index in [1.807, 2.05) is 13.0 Å². The molecular formula is C18H24N6O2S. The third kappa shape index (κ3) is 3.65. The minimum Gasteiger partial charge on any atom is -0.350 e. The molecule has 0 saturated carbocycles. The Labute approximate surface area is 159 Å². The molecule has 1 aromatic carbocycles. The number of sulfonamides is 1. The molecule has 8 nitrogen and oxygen atoms in total. The van der Waals surface area contributed by atoms with Gasteiger partial charge in [-0.2, -0.15) is 14.6 Å². The summed E-state index contributed by atoms with van der Waals surface area (Å²) >= 11 is 0. The van der Waals surface area contributed by atoms with E-state index in [-0.39, 0.29) is 10.8 Å². The van der Waals surface area contributed by atoms with Gasteiger partial charge in [0.15, 0.2) is 5.65 Å². The van der Waals surface area contributed by atoms with Gasteiger partial charge in [0.05, 0.1) is 11.1 Å². The average Bonchev–Trinajstić information content (AvgIpc) is 3.03. The van der Waals surface area contributed by atoms with Crippen LogP contribution in [-0.2, 0) is 16.6 Å². The van der Waals surface area contributed by atoms with Crippen molar-refractivity contribution in [1.82, 2.24) is 23.9 Å². The van der Waals surface area contributed by atoms with Gasteiger partial charge in [-0.05, 0) is 24.5 Å². The summed E-state index contributed by atoms with van der Waals surface area (Å²) in [6.07, 6.45) is 1.80. The van der Waals surface area contributed by atoms with Gasteiger partial charge >= 0.3 is 0 Å². The number of rotatable bonds is 6. The number of anilines is 1. The van der Waals surface area contributed by atoms with E-state index < -0.39 is 10.0 Å².